The summed E-state index contributed by atoms with van der Waals surface area (Å²) in [5.41, 5.74) is 1.73. The molecule has 0 spiro atoms. The third-order valence-electron chi connectivity index (χ3n) is 8.05. The highest BCUT2D eigenvalue weighted by atomic mass is 35.5. The standard InChI is InChI=1S/C34H41Cl2N3O5S/c1-4-32(34(41)37-25-10-7-6-8-11-25)38(22-29-30(35)12-9-13-31(29)36)33(40)23-39(26-16-14-24(3)15-17-26)45(42,43)28-20-18-27(19-21-28)44-5-2/h9,12-21,25,32H,4-8,10-11,22-23H2,1-3H3,(H,37,41)/t32-/m1/s1. The molecule has 1 fully saturated rings. The molecule has 0 bridgehead atoms. The molecule has 3 aromatic carbocycles. The number of anilines is 1. The van der Waals surface area contributed by atoms with Gasteiger partial charge in [0.1, 0.15) is 18.3 Å². The van der Waals surface area contributed by atoms with Crippen molar-refractivity contribution in [2.45, 2.75) is 82.8 Å². The maximum atomic E-state index is 14.4. The third-order valence-corrected chi connectivity index (χ3v) is 10.5. The lowest BCUT2D eigenvalue weighted by atomic mass is 9.95. The Morgan fingerprint density at radius 1 is 0.933 bits per heavy atom. The number of ether oxygens (including phenoxy) is 1. The van der Waals surface area contributed by atoms with Gasteiger partial charge in [0.2, 0.25) is 11.8 Å². The molecule has 0 aliphatic heterocycles. The summed E-state index contributed by atoms with van der Waals surface area (Å²) in [5.74, 6) is -0.309. The molecule has 0 unspecified atom stereocenters. The van der Waals surface area contributed by atoms with E-state index >= 15 is 0 Å². The lowest BCUT2D eigenvalue weighted by molar-refractivity contribution is -0.140. The Morgan fingerprint density at radius 3 is 2.13 bits per heavy atom. The van der Waals surface area contributed by atoms with Crippen LogP contribution in [0.15, 0.2) is 71.6 Å². The molecule has 1 atom stereocenters. The van der Waals surface area contributed by atoms with Crippen LogP contribution in [0.3, 0.4) is 0 Å². The van der Waals surface area contributed by atoms with E-state index in [1.807, 2.05) is 20.8 Å². The van der Waals surface area contributed by atoms with Crippen molar-refractivity contribution in [3.05, 3.63) is 87.9 Å². The molecule has 0 heterocycles. The van der Waals surface area contributed by atoms with Crippen LogP contribution >= 0.6 is 23.2 Å². The number of aryl methyl sites for hydroxylation is 1. The van der Waals surface area contributed by atoms with Crippen molar-refractivity contribution in [2.24, 2.45) is 0 Å². The minimum atomic E-state index is -4.21. The number of carbonyl (C=O) groups excluding carboxylic acids is 2. The summed E-state index contributed by atoms with van der Waals surface area (Å²) in [6.45, 7) is 5.39. The Kier molecular flexibility index (Phi) is 12.2. The molecule has 0 radical (unpaired) electrons. The minimum Gasteiger partial charge on any atom is -0.494 e. The number of hydrogen-bond donors (Lipinski definition) is 1. The van der Waals surface area contributed by atoms with Crippen molar-refractivity contribution in [1.82, 2.24) is 10.2 Å². The van der Waals surface area contributed by atoms with Gasteiger partial charge in [-0.05, 0) is 81.6 Å². The molecule has 11 heteroatoms. The van der Waals surface area contributed by atoms with Gasteiger partial charge in [-0.15, -0.1) is 0 Å². The predicted molar refractivity (Wildman–Crippen MR) is 179 cm³/mol. The van der Waals surface area contributed by atoms with Gasteiger partial charge in [0.05, 0.1) is 17.2 Å². The van der Waals surface area contributed by atoms with Gasteiger partial charge >= 0.3 is 0 Å². The summed E-state index contributed by atoms with van der Waals surface area (Å²) < 4.78 is 34.9. The van der Waals surface area contributed by atoms with E-state index in [1.54, 1.807) is 54.6 Å². The molecule has 1 saturated carbocycles. The zero-order valence-corrected chi connectivity index (χ0v) is 28.3. The van der Waals surface area contributed by atoms with E-state index in [-0.39, 0.29) is 23.4 Å². The van der Waals surface area contributed by atoms with E-state index in [0.29, 0.717) is 40.1 Å². The number of carbonyl (C=O) groups is 2. The molecule has 2 amide bonds. The predicted octanol–water partition coefficient (Wildman–Crippen LogP) is 7.15. The number of nitrogens with one attached hydrogen (secondary N) is 1. The van der Waals surface area contributed by atoms with E-state index in [2.05, 4.69) is 5.32 Å². The fourth-order valence-electron chi connectivity index (χ4n) is 5.56. The number of benzene rings is 3. The first-order valence-electron chi connectivity index (χ1n) is 15.4. The van der Waals surface area contributed by atoms with E-state index in [4.69, 9.17) is 27.9 Å². The minimum absolute atomic E-state index is 0.00195. The summed E-state index contributed by atoms with van der Waals surface area (Å²) in [4.78, 5) is 29.5. The largest absolute Gasteiger partial charge is 0.494 e. The Morgan fingerprint density at radius 2 is 1.56 bits per heavy atom. The number of nitrogens with zero attached hydrogens (tertiary/aromatic N) is 2. The molecule has 0 saturated heterocycles. The fraction of sp³-hybridized carbons (Fsp3) is 0.412. The maximum Gasteiger partial charge on any atom is 0.264 e. The maximum absolute atomic E-state index is 14.4. The van der Waals surface area contributed by atoms with Gasteiger partial charge in [0.25, 0.3) is 10.0 Å². The van der Waals surface area contributed by atoms with Crippen LogP contribution < -0.4 is 14.4 Å². The zero-order chi connectivity index (χ0) is 32.6. The number of rotatable bonds is 13. The third kappa shape index (κ3) is 8.71. The van der Waals surface area contributed by atoms with Crippen molar-refractivity contribution >= 4 is 50.7 Å². The lowest BCUT2D eigenvalue weighted by Crippen LogP contribution is -2.54. The Hall–Kier alpha value is -3.27. The van der Waals surface area contributed by atoms with Crippen LogP contribution in [-0.2, 0) is 26.2 Å². The highest BCUT2D eigenvalue weighted by Gasteiger charge is 2.35. The highest BCUT2D eigenvalue weighted by molar-refractivity contribution is 7.92. The molecule has 4 rings (SSSR count). The second kappa shape index (κ2) is 15.8. The van der Waals surface area contributed by atoms with Gasteiger partial charge in [0.15, 0.2) is 0 Å². The first-order valence-corrected chi connectivity index (χ1v) is 17.6. The summed E-state index contributed by atoms with van der Waals surface area (Å²) in [6.07, 6.45) is 5.28. The van der Waals surface area contributed by atoms with E-state index in [0.717, 1.165) is 42.0 Å². The van der Waals surface area contributed by atoms with E-state index in [1.165, 1.54) is 17.0 Å². The van der Waals surface area contributed by atoms with E-state index in [9.17, 15) is 18.0 Å². The molecule has 242 valence electrons. The first kappa shape index (κ1) is 34.6. The molecule has 1 N–H and O–H groups in total. The average molecular weight is 675 g/mol. The van der Waals surface area contributed by atoms with E-state index < -0.39 is 28.5 Å². The van der Waals surface area contributed by atoms with Crippen LogP contribution in [-0.4, -0.2) is 50.4 Å². The van der Waals surface area contributed by atoms with Crippen molar-refractivity contribution in [3.63, 3.8) is 0 Å². The quantitative estimate of drug-likeness (QED) is 0.208. The van der Waals surface area contributed by atoms with Gasteiger partial charge in [0, 0.05) is 28.2 Å². The molecule has 1 aliphatic rings. The molecular formula is C34H41Cl2N3O5S. The van der Waals surface area contributed by atoms with Crippen LogP contribution in [0, 0.1) is 6.92 Å². The van der Waals surface area contributed by atoms with Crippen LogP contribution in [0.25, 0.3) is 0 Å². The number of halogens is 2. The SMILES string of the molecule is CCOc1ccc(S(=O)(=O)N(CC(=O)N(Cc2c(Cl)cccc2Cl)[C@H](CC)C(=O)NC2CCCCC2)c2ccc(C)cc2)cc1. The highest BCUT2D eigenvalue weighted by Crippen LogP contribution is 2.30. The lowest BCUT2D eigenvalue weighted by Gasteiger charge is -2.34. The van der Waals surface area contributed by atoms with Crippen LogP contribution in [0.2, 0.25) is 10.0 Å². The van der Waals surface area contributed by atoms with Gasteiger partial charge in [-0.3, -0.25) is 13.9 Å². The summed E-state index contributed by atoms with van der Waals surface area (Å²) in [5, 5.41) is 3.84. The monoisotopic (exact) mass is 673 g/mol. The summed E-state index contributed by atoms with van der Waals surface area (Å²) >= 11 is 13.1. The zero-order valence-electron chi connectivity index (χ0n) is 26.0. The topological polar surface area (TPSA) is 96.0 Å². The van der Waals surface area contributed by atoms with Crippen LogP contribution in [0.5, 0.6) is 5.75 Å². The Labute approximate surface area is 276 Å². The molecule has 3 aromatic rings. The average Bonchev–Trinajstić information content (AvgIpc) is 3.02. The molecule has 8 nitrogen and oxygen atoms in total. The second-order valence-electron chi connectivity index (χ2n) is 11.2. The summed E-state index contributed by atoms with van der Waals surface area (Å²) in [6, 6.07) is 17.2. The van der Waals surface area contributed by atoms with Crippen molar-refractivity contribution in [3.8, 4) is 5.75 Å². The van der Waals surface area contributed by atoms with Crippen molar-refractivity contribution in [1.29, 1.82) is 0 Å². The number of amides is 2. The van der Waals surface area contributed by atoms with Gasteiger partial charge in [-0.2, -0.15) is 0 Å². The van der Waals surface area contributed by atoms with Gasteiger partial charge in [-0.1, -0.05) is 73.2 Å². The molecular weight excluding hydrogens is 633 g/mol. The van der Waals surface area contributed by atoms with Gasteiger partial charge in [-0.25, -0.2) is 8.42 Å². The Bertz CT molecular complexity index is 1540. The fourth-order valence-corrected chi connectivity index (χ4v) is 7.49. The normalized spacial score (nSPS) is 14.4. The van der Waals surface area contributed by atoms with Crippen LogP contribution in [0.4, 0.5) is 5.69 Å². The second-order valence-corrected chi connectivity index (χ2v) is 13.9. The first-order chi connectivity index (χ1) is 21.5. The molecule has 45 heavy (non-hydrogen) atoms. The molecule has 1 aliphatic carbocycles. The summed E-state index contributed by atoms with van der Waals surface area (Å²) in [7, 11) is -4.21. The number of sulfonamides is 1. The Balaban J connectivity index is 1.73. The molecule has 0 aromatic heterocycles. The van der Waals surface area contributed by atoms with Crippen molar-refractivity contribution in [2.75, 3.05) is 17.5 Å². The van der Waals surface area contributed by atoms with Crippen LogP contribution in [0.1, 0.15) is 63.5 Å². The smallest absolute Gasteiger partial charge is 0.264 e. The van der Waals surface area contributed by atoms with Crippen molar-refractivity contribution < 1.29 is 22.7 Å². The number of hydrogen-bond acceptors (Lipinski definition) is 5. The van der Waals surface area contributed by atoms with Gasteiger partial charge < -0.3 is 15.0 Å².